The number of rotatable bonds is 7. The molecule has 3 rings (SSSR count). The Labute approximate surface area is 137 Å². The predicted octanol–water partition coefficient (Wildman–Crippen LogP) is 2.56. The number of anilines is 1. The van der Waals surface area contributed by atoms with Crippen molar-refractivity contribution >= 4 is 5.95 Å². The molecule has 0 spiro atoms. The molecule has 1 aromatic heterocycles. The summed E-state index contributed by atoms with van der Waals surface area (Å²) in [6, 6.07) is 10.2. The molecule has 1 saturated heterocycles. The molecule has 0 atom stereocenters. The van der Waals surface area contributed by atoms with Gasteiger partial charge in [0, 0.05) is 43.0 Å². The van der Waals surface area contributed by atoms with Crippen LogP contribution in [-0.2, 0) is 17.8 Å². The summed E-state index contributed by atoms with van der Waals surface area (Å²) in [5.41, 5.74) is 2.64. The standard InChI is InChI=1S/C18H24N4O/c1-18(13-23-14-18)12-22(2)11-16-9-20-17(21-10-16)19-8-15-6-4-3-5-7-15/h3-7,9-10H,8,11-14H2,1-2H3,(H,19,20,21). The maximum atomic E-state index is 5.31. The zero-order chi connectivity index (χ0) is 16.1. The Kier molecular flexibility index (Phi) is 4.88. The van der Waals surface area contributed by atoms with Crippen LogP contribution in [0.5, 0.6) is 0 Å². The predicted molar refractivity (Wildman–Crippen MR) is 91.1 cm³/mol. The minimum atomic E-state index is 0.298. The van der Waals surface area contributed by atoms with Gasteiger partial charge in [0.05, 0.1) is 13.2 Å². The fraction of sp³-hybridized carbons (Fsp3) is 0.444. The normalized spacial score (nSPS) is 16.1. The van der Waals surface area contributed by atoms with Gasteiger partial charge in [-0.1, -0.05) is 37.3 Å². The molecule has 0 bridgehead atoms. The second-order valence-electron chi connectivity index (χ2n) is 6.73. The summed E-state index contributed by atoms with van der Waals surface area (Å²) in [7, 11) is 2.13. The van der Waals surface area contributed by atoms with E-state index in [1.165, 1.54) is 5.56 Å². The van der Waals surface area contributed by atoms with Gasteiger partial charge in [0.25, 0.3) is 0 Å². The summed E-state index contributed by atoms with van der Waals surface area (Å²) in [5.74, 6) is 0.666. The maximum Gasteiger partial charge on any atom is 0.222 e. The number of nitrogens with one attached hydrogen (secondary N) is 1. The third kappa shape index (κ3) is 4.50. The fourth-order valence-corrected chi connectivity index (χ4v) is 2.87. The molecular weight excluding hydrogens is 288 g/mol. The Morgan fingerprint density at radius 1 is 1.13 bits per heavy atom. The van der Waals surface area contributed by atoms with Crippen LogP contribution < -0.4 is 5.32 Å². The first kappa shape index (κ1) is 15.9. The van der Waals surface area contributed by atoms with Gasteiger partial charge in [-0.15, -0.1) is 0 Å². The average molecular weight is 312 g/mol. The van der Waals surface area contributed by atoms with Crippen molar-refractivity contribution in [2.75, 3.05) is 32.1 Å². The van der Waals surface area contributed by atoms with Gasteiger partial charge in [-0.3, -0.25) is 0 Å². The summed E-state index contributed by atoms with van der Waals surface area (Å²) in [6.07, 6.45) is 3.80. The Morgan fingerprint density at radius 3 is 2.43 bits per heavy atom. The molecule has 1 aliphatic heterocycles. The van der Waals surface area contributed by atoms with Gasteiger partial charge in [-0.05, 0) is 12.6 Å². The molecule has 2 aromatic rings. The molecule has 2 heterocycles. The van der Waals surface area contributed by atoms with E-state index >= 15 is 0 Å². The van der Waals surface area contributed by atoms with E-state index in [2.05, 4.69) is 46.3 Å². The van der Waals surface area contributed by atoms with Crippen LogP contribution in [0.3, 0.4) is 0 Å². The molecule has 0 amide bonds. The fourth-order valence-electron chi connectivity index (χ4n) is 2.87. The van der Waals surface area contributed by atoms with Crippen molar-refractivity contribution < 1.29 is 4.74 Å². The minimum absolute atomic E-state index is 0.298. The van der Waals surface area contributed by atoms with E-state index in [4.69, 9.17) is 4.74 Å². The number of aromatic nitrogens is 2. The lowest BCUT2D eigenvalue weighted by molar-refractivity contribution is -0.113. The van der Waals surface area contributed by atoms with Crippen molar-refractivity contribution in [3.8, 4) is 0 Å². The molecule has 5 heteroatoms. The van der Waals surface area contributed by atoms with Gasteiger partial charge in [-0.2, -0.15) is 0 Å². The quantitative estimate of drug-likeness (QED) is 0.851. The van der Waals surface area contributed by atoms with E-state index in [0.717, 1.165) is 38.4 Å². The van der Waals surface area contributed by atoms with E-state index in [1.807, 2.05) is 30.6 Å². The zero-order valence-corrected chi connectivity index (χ0v) is 13.8. The average Bonchev–Trinajstić information content (AvgIpc) is 2.53. The molecule has 122 valence electrons. The van der Waals surface area contributed by atoms with Crippen molar-refractivity contribution in [1.82, 2.24) is 14.9 Å². The van der Waals surface area contributed by atoms with E-state index in [0.29, 0.717) is 11.4 Å². The molecule has 0 aliphatic carbocycles. The smallest absolute Gasteiger partial charge is 0.222 e. The van der Waals surface area contributed by atoms with Crippen molar-refractivity contribution in [3.05, 3.63) is 53.9 Å². The van der Waals surface area contributed by atoms with Gasteiger partial charge in [0.2, 0.25) is 5.95 Å². The number of benzene rings is 1. The molecule has 1 fully saturated rings. The molecular formula is C18H24N4O. The van der Waals surface area contributed by atoms with Crippen molar-refractivity contribution in [1.29, 1.82) is 0 Å². The Balaban J connectivity index is 1.48. The van der Waals surface area contributed by atoms with Crippen LogP contribution in [-0.4, -0.2) is 41.7 Å². The Hall–Kier alpha value is -1.98. The summed E-state index contributed by atoms with van der Waals surface area (Å²) in [6.45, 7) is 6.60. The Bertz CT molecular complexity index is 611. The molecule has 0 radical (unpaired) electrons. The first-order chi connectivity index (χ1) is 11.1. The van der Waals surface area contributed by atoms with Crippen LogP contribution in [0.15, 0.2) is 42.7 Å². The van der Waals surface area contributed by atoms with E-state index in [1.54, 1.807) is 0 Å². The van der Waals surface area contributed by atoms with Crippen LogP contribution in [0.4, 0.5) is 5.95 Å². The van der Waals surface area contributed by atoms with Crippen molar-refractivity contribution in [3.63, 3.8) is 0 Å². The van der Waals surface area contributed by atoms with Gasteiger partial charge in [0.15, 0.2) is 0 Å². The van der Waals surface area contributed by atoms with Crippen LogP contribution in [0.1, 0.15) is 18.1 Å². The van der Waals surface area contributed by atoms with Crippen LogP contribution in [0.25, 0.3) is 0 Å². The first-order valence-corrected chi connectivity index (χ1v) is 7.98. The lowest BCUT2D eigenvalue weighted by atomic mass is 9.88. The summed E-state index contributed by atoms with van der Waals surface area (Å²) >= 11 is 0. The number of hydrogen-bond donors (Lipinski definition) is 1. The first-order valence-electron chi connectivity index (χ1n) is 7.98. The maximum absolute atomic E-state index is 5.31. The number of ether oxygens (including phenoxy) is 1. The molecule has 1 aromatic carbocycles. The lowest BCUT2D eigenvalue weighted by Gasteiger charge is -2.40. The van der Waals surface area contributed by atoms with Gasteiger partial charge >= 0.3 is 0 Å². The molecule has 1 aliphatic rings. The molecule has 23 heavy (non-hydrogen) atoms. The molecule has 5 nitrogen and oxygen atoms in total. The SMILES string of the molecule is CN(Cc1cnc(NCc2ccccc2)nc1)CC1(C)COC1. The summed E-state index contributed by atoms with van der Waals surface area (Å²) in [5, 5.41) is 3.25. The van der Waals surface area contributed by atoms with E-state index < -0.39 is 0 Å². The van der Waals surface area contributed by atoms with Gasteiger partial charge in [-0.25, -0.2) is 9.97 Å². The Morgan fingerprint density at radius 2 is 1.83 bits per heavy atom. The molecule has 0 unspecified atom stereocenters. The minimum Gasteiger partial charge on any atom is -0.380 e. The van der Waals surface area contributed by atoms with Crippen LogP contribution in [0, 0.1) is 5.41 Å². The van der Waals surface area contributed by atoms with Crippen molar-refractivity contribution in [2.45, 2.75) is 20.0 Å². The van der Waals surface area contributed by atoms with Crippen LogP contribution in [0.2, 0.25) is 0 Å². The summed E-state index contributed by atoms with van der Waals surface area (Å²) in [4.78, 5) is 11.1. The van der Waals surface area contributed by atoms with Gasteiger partial charge in [0.1, 0.15) is 0 Å². The number of nitrogens with zero attached hydrogens (tertiary/aromatic N) is 3. The second kappa shape index (κ2) is 7.06. The summed E-state index contributed by atoms with van der Waals surface area (Å²) < 4.78 is 5.31. The highest BCUT2D eigenvalue weighted by molar-refractivity contribution is 5.27. The highest BCUT2D eigenvalue weighted by Crippen LogP contribution is 2.27. The van der Waals surface area contributed by atoms with Gasteiger partial charge < -0.3 is 15.0 Å². The monoisotopic (exact) mass is 312 g/mol. The van der Waals surface area contributed by atoms with E-state index in [9.17, 15) is 0 Å². The molecule has 0 saturated carbocycles. The lowest BCUT2D eigenvalue weighted by Crippen LogP contribution is -2.47. The zero-order valence-electron chi connectivity index (χ0n) is 13.8. The third-order valence-electron chi connectivity index (χ3n) is 4.00. The number of hydrogen-bond acceptors (Lipinski definition) is 5. The second-order valence-corrected chi connectivity index (χ2v) is 6.73. The highest BCUT2D eigenvalue weighted by atomic mass is 16.5. The molecule has 1 N–H and O–H groups in total. The van der Waals surface area contributed by atoms with E-state index in [-0.39, 0.29) is 0 Å². The van der Waals surface area contributed by atoms with Crippen molar-refractivity contribution in [2.24, 2.45) is 5.41 Å². The van der Waals surface area contributed by atoms with Crippen LogP contribution >= 0.6 is 0 Å². The highest BCUT2D eigenvalue weighted by Gasteiger charge is 2.34. The topological polar surface area (TPSA) is 50.3 Å². The largest absolute Gasteiger partial charge is 0.380 e. The third-order valence-corrected chi connectivity index (χ3v) is 4.00.